The normalized spacial score (nSPS) is 15.9. The Labute approximate surface area is 131 Å². The second-order valence-corrected chi connectivity index (χ2v) is 6.44. The van der Waals surface area contributed by atoms with Crippen LogP contribution in [0.3, 0.4) is 0 Å². The summed E-state index contributed by atoms with van der Waals surface area (Å²) in [6.07, 6.45) is 6.65. The summed E-state index contributed by atoms with van der Waals surface area (Å²) in [5.41, 5.74) is 7.60. The Morgan fingerprint density at radius 3 is 2.24 bits per heavy atom. The van der Waals surface area contributed by atoms with Crippen LogP contribution in [-0.4, -0.2) is 12.2 Å². The van der Waals surface area contributed by atoms with Crippen molar-refractivity contribution in [1.29, 1.82) is 0 Å². The first kappa shape index (κ1) is 18.2. The van der Waals surface area contributed by atoms with E-state index in [1.807, 2.05) is 18.2 Å². The van der Waals surface area contributed by atoms with E-state index in [1.54, 1.807) is 0 Å². The van der Waals surface area contributed by atoms with E-state index in [0.29, 0.717) is 5.92 Å². The highest BCUT2D eigenvalue weighted by atomic mass is 16.5. The summed E-state index contributed by atoms with van der Waals surface area (Å²) in [6, 6.07) is 10.2. The third-order valence-corrected chi connectivity index (χ3v) is 4.05. The van der Waals surface area contributed by atoms with Crippen LogP contribution in [0.4, 0.5) is 0 Å². The molecule has 0 saturated carbocycles. The van der Waals surface area contributed by atoms with E-state index >= 15 is 0 Å². The lowest BCUT2D eigenvalue weighted by atomic mass is 9.94. The largest absolute Gasteiger partial charge is 0.373 e. The van der Waals surface area contributed by atoms with Crippen LogP contribution >= 0.6 is 0 Å². The van der Waals surface area contributed by atoms with Crippen molar-refractivity contribution in [1.82, 2.24) is 0 Å². The highest BCUT2D eigenvalue weighted by Gasteiger charge is 2.25. The predicted octanol–water partition coefficient (Wildman–Crippen LogP) is 5.09. The third-order valence-electron chi connectivity index (χ3n) is 4.05. The maximum atomic E-state index is 6.44. The fraction of sp³-hybridized carbons (Fsp3) is 0.684. The molecule has 0 fully saturated rings. The smallest absolute Gasteiger partial charge is 0.0794 e. The number of benzene rings is 1. The van der Waals surface area contributed by atoms with Crippen LogP contribution in [0.2, 0.25) is 0 Å². The third kappa shape index (κ3) is 6.62. The van der Waals surface area contributed by atoms with Crippen LogP contribution in [0.25, 0.3) is 0 Å². The average Bonchev–Trinajstić information content (AvgIpc) is 2.49. The summed E-state index contributed by atoms with van der Waals surface area (Å²) in [4.78, 5) is 0. The molecule has 0 aliphatic rings. The average molecular weight is 291 g/mol. The van der Waals surface area contributed by atoms with Crippen molar-refractivity contribution in [2.24, 2.45) is 11.7 Å². The number of nitrogens with two attached hydrogens (primary N) is 1. The molecule has 0 saturated heterocycles. The van der Waals surface area contributed by atoms with Gasteiger partial charge in [-0.05, 0) is 24.8 Å². The molecule has 1 aromatic carbocycles. The Morgan fingerprint density at radius 2 is 1.67 bits per heavy atom. The van der Waals surface area contributed by atoms with E-state index in [1.165, 1.54) is 25.7 Å². The number of rotatable bonds is 10. The minimum atomic E-state index is -0.0516. The quantitative estimate of drug-likeness (QED) is 0.610. The second-order valence-electron chi connectivity index (χ2n) is 6.44. The molecule has 0 bridgehead atoms. The Hall–Kier alpha value is -0.860. The van der Waals surface area contributed by atoms with Crippen LogP contribution < -0.4 is 5.73 Å². The fourth-order valence-corrected chi connectivity index (χ4v) is 2.72. The van der Waals surface area contributed by atoms with Gasteiger partial charge in [0.2, 0.25) is 0 Å². The molecule has 2 nitrogen and oxygen atoms in total. The summed E-state index contributed by atoms with van der Waals surface area (Å²) in [5.74, 6) is 0.415. The van der Waals surface area contributed by atoms with Crippen molar-refractivity contribution in [3.05, 3.63) is 35.9 Å². The first-order valence-corrected chi connectivity index (χ1v) is 8.52. The van der Waals surface area contributed by atoms with Gasteiger partial charge in [-0.25, -0.2) is 0 Å². The van der Waals surface area contributed by atoms with Crippen molar-refractivity contribution in [2.45, 2.75) is 78.0 Å². The van der Waals surface area contributed by atoms with Crippen molar-refractivity contribution in [3.63, 3.8) is 0 Å². The molecule has 0 radical (unpaired) electrons. The van der Waals surface area contributed by atoms with E-state index in [4.69, 9.17) is 10.5 Å². The van der Waals surface area contributed by atoms with E-state index in [0.717, 1.165) is 12.0 Å². The Morgan fingerprint density at radius 1 is 1.00 bits per heavy atom. The minimum absolute atomic E-state index is 0.0516. The highest BCUT2D eigenvalue weighted by Crippen LogP contribution is 2.24. The van der Waals surface area contributed by atoms with E-state index < -0.39 is 0 Å². The van der Waals surface area contributed by atoms with Gasteiger partial charge in [-0.1, -0.05) is 76.8 Å². The van der Waals surface area contributed by atoms with Gasteiger partial charge in [0.1, 0.15) is 0 Å². The zero-order valence-electron chi connectivity index (χ0n) is 14.2. The Balaban J connectivity index is 2.53. The van der Waals surface area contributed by atoms with Crippen molar-refractivity contribution in [2.75, 3.05) is 0 Å². The summed E-state index contributed by atoms with van der Waals surface area (Å²) >= 11 is 0. The van der Waals surface area contributed by atoms with Crippen molar-refractivity contribution in [3.8, 4) is 0 Å². The maximum absolute atomic E-state index is 6.44. The summed E-state index contributed by atoms with van der Waals surface area (Å²) in [6.45, 7) is 8.81. The first-order valence-electron chi connectivity index (χ1n) is 8.52. The number of unbranched alkanes of at least 4 members (excludes halogenated alkanes) is 3. The van der Waals surface area contributed by atoms with Gasteiger partial charge in [-0.15, -0.1) is 0 Å². The fourth-order valence-electron chi connectivity index (χ4n) is 2.72. The molecular weight excluding hydrogens is 258 g/mol. The Kier molecular flexibility index (Phi) is 8.63. The van der Waals surface area contributed by atoms with Gasteiger partial charge < -0.3 is 10.5 Å². The minimum Gasteiger partial charge on any atom is -0.373 e. The van der Waals surface area contributed by atoms with Gasteiger partial charge >= 0.3 is 0 Å². The summed E-state index contributed by atoms with van der Waals surface area (Å²) in [5, 5.41) is 0. The molecule has 120 valence electrons. The van der Waals surface area contributed by atoms with Crippen LogP contribution in [0.15, 0.2) is 30.3 Å². The molecule has 3 atom stereocenters. The summed E-state index contributed by atoms with van der Waals surface area (Å²) < 4.78 is 6.28. The molecular formula is C19H33NO. The lowest BCUT2D eigenvalue weighted by molar-refractivity contribution is -0.0449. The van der Waals surface area contributed by atoms with Gasteiger partial charge in [0.25, 0.3) is 0 Å². The molecule has 3 unspecified atom stereocenters. The molecule has 0 aliphatic heterocycles. The number of hydrogen-bond donors (Lipinski definition) is 1. The molecule has 2 N–H and O–H groups in total. The predicted molar refractivity (Wildman–Crippen MR) is 91.3 cm³/mol. The molecule has 21 heavy (non-hydrogen) atoms. The zero-order valence-corrected chi connectivity index (χ0v) is 14.2. The summed E-state index contributed by atoms with van der Waals surface area (Å²) in [7, 11) is 0. The molecule has 2 heteroatoms. The zero-order chi connectivity index (χ0) is 15.7. The molecule has 1 aromatic rings. The molecule has 0 heterocycles. The molecule has 1 rings (SSSR count). The first-order chi connectivity index (χ1) is 10.1. The molecule has 0 aliphatic carbocycles. The lowest BCUT2D eigenvalue weighted by Gasteiger charge is -2.31. The van der Waals surface area contributed by atoms with Gasteiger partial charge in [0.05, 0.1) is 18.2 Å². The van der Waals surface area contributed by atoms with Gasteiger partial charge in [-0.3, -0.25) is 0 Å². The van der Waals surface area contributed by atoms with Crippen molar-refractivity contribution >= 4 is 0 Å². The molecule has 0 spiro atoms. The van der Waals surface area contributed by atoms with Gasteiger partial charge in [0.15, 0.2) is 0 Å². The van der Waals surface area contributed by atoms with Gasteiger partial charge in [-0.2, -0.15) is 0 Å². The monoisotopic (exact) mass is 291 g/mol. The van der Waals surface area contributed by atoms with Crippen LogP contribution in [0.5, 0.6) is 0 Å². The van der Waals surface area contributed by atoms with Crippen LogP contribution in [-0.2, 0) is 4.74 Å². The lowest BCUT2D eigenvalue weighted by Crippen LogP contribution is -2.35. The van der Waals surface area contributed by atoms with E-state index in [-0.39, 0.29) is 18.2 Å². The van der Waals surface area contributed by atoms with Gasteiger partial charge in [0, 0.05) is 0 Å². The Bertz CT molecular complexity index is 363. The second kappa shape index (κ2) is 9.97. The van der Waals surface area contributed by atoms with Crippen molar-refractivity contribution < 1.29 is 4.74 Å². The molecule has 0 amide bonds. The standard InChI is InChI=1S/C19H33NO/c1-5-6-7-9-12-16(4)21-19(15(2)3)18(20)17-13-10-8-11-14-17/h8,10-11,13-16,18-19H,5-7,9,12,20H2,1-4H3. The molecule has 0 aromatic heterocycles. The van der Waals surface area contributed by atoms with E-state index in [2.05, 4.69) is 39.8 Å². The van der Waals surface area contributed by atoms with Crippen LogP contribution in [0.1, 0.15) is 71.4 Å². The number of hydrogen-bond acceptors (Lipinski definition) is 2. The SMILES string of the molecule is CCCCCCC(C)OC(C(C)C)C(N)c1ccccc1. The van der Waals surface area contributed by atoms with Crippen LogP contribution in [0, 0.1) is 5.92 Å². The number of ether oxygens (including phenoxy) is 1. The maximum Gasteiger partial charge on any atom is 0.0794 e. The highest BCUT2D eigenvalue weighted by molar-refractivity contribution is 5.19. The topological polar surface area (TPSA) is 35.2 Å². The van der Waals surface area contributed by atoms with E-state index in [9.17, 15) is 0 Å².